The molecular weight excluding hydrogens is 330 g/mol. The molecule has 3 amide bonds. The van der Waals surface area contributed by atoms with E-state index < -0.39 is 6.04 Å². The van der Waals surface area contributed by atoms with Gasteiger partial charge >= 0.3 is 0 Å². The SMILES string of the molecule is CC(C)(C)[C@H](N)C(=O)Nc1ccc(CN2C(=O)CCC2=O)cc1.Cl. The van der Waals surface area contributed by atoms with Gasteiger partial charge in [0.2, 0.25) is 17.7 Å². The van der Waals surface area contributed by atoms with Crippen LogP contribution in [0, 0.1) is 5.41 Å². The molecule has 0 saturated carbocycles. The molecule has 3 N–H and O–H groups in total. The zero-order chi connectivity index (χ0) is 17.2. The van der Waals surface area contributed by atoms with Crippen LogP contribution in [0.3, 0.4) is 0 Å². The lowest BCUT2D eigenvalue weighted by atomic mass is 9.87. The predicted molar refractivity (Wildman–Crippen MR) is 94.5 cm³/mol. The maximum absolute atomic E-state index is 12.1. The van der Waals surface area contributed by atoms with Gasteiger partial charge in [-0.3, -0.25) is 19.3 Å². The van der Waals surface area contributed by atoms with Crippen molar-refractivity contribution in [3.05, 3.63) is 29.8 Å². The van der Waals surface area contributed by atoms with Crippen molar-refractivity contribution in [3.8, 4) is 0 Å². The monoisotopic (exact) mass is 353 g/mol. The van der Waals surface area contributed by atoms with Crippen LogP contribution in [0.2, 0.25) is 0 Å². The molecule has 1 saturated heterocycles. The molecule has 1 fully saturated rings. The lowest BCUT2D eigenvalue weighted by Crippen LogP contribution is -2.45. The molecule has 0 spiro atoms. The van der Waals surface area contributed by atoms with Gasteiger partial charge in [-0.25, -0.2) is 0 Å². The van der Waals surface area contributed by atoms with Crippen molar-refractivity contribution >= 4 is 35.8 Å². The fraction of sp³-hybridized carbons (Fsp3) is 0.471. The number of nitrogens with one attached hydrogen (secondary N) is 1. The Morgan fingerprint density at radius 2 is 1.67 bits per heavy atom. The summed E-state index contributed by atoms with van der Waals surface area (Å²) in [5.74, 6) is -0.512. The van der Waals surface area contributed by atoms with Gasteiger partial charge in [-0.15, -0.1) is 12.4 Å². The van der Waals surface area contributed by atoms with Gasteiger partial charge in [0, 0.05) is 18.5 Å². The van der Waals surface area contributed by atoms with Crippen LogP contribution in [-0.4, -0.2) is 28.7 Å². The number of halogens is 1. The van der Waals surface area contributed by atoms with E-state index in [4.69, 9.17) is 5.73 Å². The van der Waals surface area contributed by atoms with E-state index in [-0.39, 0.29) is 54.9 Å². The van der Waals surface area contributed by atoms with E-state index >= 15 is 0 Å². The lowest BCUT2D eigenvalue weighted by Gasteiger charge is -2.25. The van der Waals surface area contributed by atoms with E-state index in [1.165, 1.54) is 4.90 Å². The minimum atomic E-state index is -0.609. The molecule has 6 nitrogen and oxygen atoms in total. The van der Waals surface area contributed by atoms with Gasteiger partial charge in [-0.05, 0) is 23.1 Å². The van der Waals surface area contributed by atoms with Crippen molar-refractivity contribution in [2.75, 3.05) is 5.32 Å². The summed E-state index contributed by atoms with van der Waals surface area (Å²) in [6.45, 7) is 5.99. The molecule has 0 aliphatic carbocycles. The van der Waals surface area contributed by atoms with Gasteiger partial charge < -0.3 is 11.1 Å². The van der Waals surface area contributed by atoms with E-state index in [2.05, 4.69) is 5.32 Å². The summed E-state index contributed by atoms with van der Waals surface area (Å²) in [5.41, 5.74) is 7.07. The Kier molecular flexibility index (Phi) is 6.51. The topological polar surface area (TPSA) is 92.5 Å². The molecule has 7 heteroatoms. The molecule has 0 radical (unpaired) electrons. The molecule has 1 aromatic carbocycles. The molecule has 0 unspecified atom stereocenters. The Labute approximate surface area is 148 Å². The van der Waals surface area contributed by atoms with E-state index in [0.717, 1.165) is 5.56 Å². The fourth-order valence-corrected chi connectivity index (χ4v) is 2.29. The summed E-state index contributed by atoms with van der Waals surface area (Å²) in [4.78, 5) is 36.6. The van der Waals surface area contributed by atoms with Crippen molar-refractivity contribution < 1.29 is 14.4 Å². The van der Waals surface area contributed by atoms with Crippen LogP contribution in [0.1, 0.15) is 39.2 Å². The Balaban J connectivity index is 0.00000288. The van der Waals surface area contributed by atoms with E-state index in [9.17, 15) is 14.4 Å². The van der Waals surface area contributed by atoms with Crippen LogP contribution in [0.4, 0.5) is 5.69 Å². The van der Waals surface area contributed by atoms with Gasteiger partial charge in [0.25, 0.3) is 0 Å². The van der Waals surface area contributed by atoms with E-state index in [1.807, 2.05) is 20.8 Å². The summed E-state index contributed by atoms with van der Waals surface area (Å²) >= 11 is 0. The van der Waals surface area contributed by atoms with Crippen LogP contribution in [-0.2, 0) is 20.9 Å². The number of likely N-dealkylation sites (tertiary alicyclic amines) is 1. The van der Waals surface area contributed by atoms with Gasteiger partial charge in [0.15, 0.2) is 0 Å². The fourth-order valence-electron chi connectivity index (χ4n) is 2.29. The number of nitrogens with zero attached hydrogens (tertiary/aromatic N) is 1. The highest BCUT2D eigenvalue weighted by Crippen LogP contribution is 2.20. The maximum atomic E-state index is 12.1. The standard InChI is InChI=1S/C17H23N3O3.ClH/c1-17(2,3)15(18)16(23)19-12-6-4-11(5-7-12)10-20-13(21)8-9-14(20)22;/h4-7,15H,8-10,18H2,1-3H3,(H,19,23);1H/t15-;/m1./s1. The predicted octanol–water partition coefficient (Wildman–Crippen LogP) is 2.07. The first-order valence-corrected chi connectivity index (χ1v) is 7.67. The third-order valence-electron chi connectivity index (χ3n) is 3.93. The second-order valence-electron chi connectivity index (χ2n) is 6.90. The Bertz CT molecular complexity index is 607. The number of carbonyl (C=O) groups is 3. The number of imide groups is 1. The first-order valence-electron chi connectivity index (χ1n) is 7.67. The maximum Gasteiger partial charge on any atom is 0.241 e. The average molecular weight is 354 g/mol. The van der Waals surface area contributed by atoms with Crippen molar-refractivity contribution in [1.82, 2.24) is 4.90 Å². The summed E-state index contributed by atoms with van der Waals surface area (Å²) < 4.78 is 0. The number of carbonyl (C=O) groups excluding carboxylic acids is 3. The normalized spacial score (nSPS) is 15.9. The second kappa shape index (κ2) is 7.77. The zero-order valence-corrected chi connectivity index (χ0v) is 15.0. The van der Waals surface area contributed by atoms with Gasteiger partial charge in [0.1, 0.15) is 0 Å². The molecule has 0 aromatic heterocycles. The quantitative estimate of drug-likeness (QED) is 0.810. The highest BCUT2D eigenvalue weighted by molar-refractivity contribution is 6.01. The summed E-state index contributed by atoms with van der Waals surface area (Å²) in [7, 11) is 0. The molecule has 132 valence electrons. The average Bonchev–Trinajstić information content (AvgIpc) is 2.79. The number of benzene rings is 1. The van der Waals surface area contributed by atoms with Crippen LogP contribution in [0.5, 0.6) is 0 Å². The first-order chi connectivity index (χ1) is 10.7. The van der Waals surface area contributed by atoms with Crippen LogP contribution in [0.25, 0.3) is 0 Å². The zero-order valence-electron chi connectivity index (χ0n) is 14.2. The van der Waals surface area contributed by atoms with Crippen molar-refractivity contribution in [3.63, 3.8) is 0 Å². The van der Waals surface area contributed by atoms with Gasteiger partial charge in [0.05, 0.1) is 12.6 Å². The summed E-state index contributed by atoms with van der Waals surface area (Å²) in [5, 5.41) is 2.78. The third-order valence-corrected chi connectivity index (χ3v) is 3.93. The Hall–Kier alpha value is -1.92. The number of amides is 3. The second-order valence-corrected chi connectivity index (χ2v) is 6.90. The van der Waals surface area contributed by atoms with E-state index in [1.54, 1.807) is 24.3 Å². The lowest BCUT2D eigenvalue weighted by molar-refractivity contribution is -0.139. The number of hydrogen-bond donors (Lipinski definition) is 2. The molecule has 1 aliphatic heterocycles. The number of nitrogens with two attached hydrogens (primary N) is 1. The molecule has 1 aromatic rings. The molecule has 2 rings (SSSR count). The third kappa shape index (κ3) is 4.79. The van der Waals surface area contributed by atoms with Gasteiger partial charge in [-0.2, -0.15) is 0 Å². The summed E-state index contributed by atoms with van der Waals surface area (Å²) in [6, 6.07) is 6.46. The molecule has 24 heavy (non-hydrogen) atoms. The Morgan fingerprint density at radius 3 is 2.12 bits per heavy atom. The molecule has 1 heterocycles. The number of anilines is 1. The highest BCUT2D eigenvalue weighted by Gasteiger charge is 2.29. The van der Waals surface area contributed by atoms with Gasteiger partial charge in [-0.1, -0.05) is 32.9 Å². The minimum Gasteiger partial charge on any atom is -0.325 e. The van der Waals surface area contributed by atoms with E-state index in [0.29, 0.717) is 5.69 Å². The summed E-state index contributed by atoms with van der Waals surface area (Å²) in [6.07, 6.45) is 0.579. The molecular formula is C17H24ClN3O3. The molecule has 1 aliphatic rings. The number of rotatable bonds is 4. The van der Waals surface area contributed by atoms with Crippen molar-refractivity contribution in [2.24, 2.45) is 11.1 Å². The molecule has 1 atom stereocenters. The van der Waals surface area contributed by atoms with Crippen LogP contribution < -0.4 is 11.1 Å². The number of hydrogen-bond acceptors (Lipinski definition) is 4. The van der Waals surface area contributed by atoms with Crippen LogP contribution in [0.15, 0.2) is 24.3 Å². The highest BCUT2D eigenvalue weighted by atomic mass is 35.5. The first kappa shape index (κ1) is 20.1. The van der Waals surface area contributed by atoms with Crippen molar-refractivity contribution in [1.29, 1.82) is 0 Å². The Morgan fingerprint density at radius 1 is 1.17 bits per heavy atom. The molecule has 0 bridgehead atoms. The largest absolute Gasteiger partial charge is 0.325 e. The minimum absolute atomic E-state index is 0. The van der Waals surface area contributed by atoms with Crippen LogP contribution >= 0.6 is 12.4 Å². The van der Waals surface area contributed by atoms with Crippen molar-refractivity contribution in [2.45, 2.75) is 46.2 Å². The smallest absolute Gasteiger partial charge is 0.241 e.